The number of aliphatic hydroxyl groups is 5. The van der Waals surface area contributed by atoms with Crippen LogP contribution in [0.3, 0.4) is 0 Å². The zero-order chi connectivity index (χ0) is 20.6. The van der Waals surface area contributed by atoms with Crippen LogP contribution in [0, 0.1) is 0 Å². The number of hydrogen-bond acceptors (Lipinski definition) is 11. The smallest absolute Gasteiger partial charge is 0.365 e. The molecule has 0 aromatic rings. The van der Waals surface area contributed by atoms with Gasteiger partial charge in [0.25, 0.3) is 5.79 Å². The van der Waals surface area contributed by atoms with Crippen LogP contribution >= 0.6 is 11.8 Å². The number of carboxylic acid groups (broad SMARTS) is 1. The van der Waals surface area contributed by atoms with Crippen LogP contribution in [-0.2, 0) is 19.4 Å². The summed E-state index contributed by atoms with van der Waals surface area (Å²) in [6.45, 7) is -0.935. The first-order chi connectivity index (χ1) is 12.5. The Morgan fingerprint density at radius 1 is 1.33 bits per heavy atom. The van der Waals surface area contributed by atoms with Crippen LogP contribution in [-0.4, -0.2) is 103 Å². The van der Waals surface area contributed by atoms with Gasteiger partial charge >= 0.3 is 5.97 Å². The van der Waals surface area contributed by atoms with E-state index < -0.39 is 68.5 Å². The van der Waals surface area contributed by atoms with Gasteiger partial charge in [-0.2, -0.15) is 0 Å². The lowest BCUT2D eigenvalue weighted by molar-refractivity contribution is -0.289. The molecule has 0 saturated carbocycles. The molecule has 2 aliphatic rings. The van der Waals surface area contributed by atoms with Gasteiger partial charge in [-0.15, -0.1) is 11.8 Å². The summed E-state index contributed by atoms with van der Waals surface area (Å²) >= 11 is 1.07. The summed E-state index contributed by atoms with van der Waals surface area (Å²) in [6.07, 6.45) is -6.13. The van der Waals surface area contributed by atoms with Gasteiger partial charge in [0.2, 0.25) is 0 Å². The first kappa shape index (κ1) is 22.8. The number of aliphatic hydroxyl groups excluding tert-OH is 4. The number of nitrogens with two attached hydrogens (primary N) is 1. The second-order valence-electron chi connectivity index (χ2n) is 6.70. The molecule has 0 amide bonds. The number of rotatable bonds is 6. The third-order valence-corrected chi connectivity index (χ3v) is 9.49. The lowest BCUT2D eigenvalue weighted by Crippen LogP contribution is -2.74. The second-order valence-corrected chi connectivity index (χ2v) is 10.6. The van der Waals surface area contributed by atoms with E-state index in [0.29, 0.717) is 12.2 Å². The number of aliphatic carboxylic acids is 1. The maximum absolute atomic E-state index is 13.0. The Hall–Kier alpha value is -0.510. The third kappa shape index (κ3) is 4.11. The molecule has 27 heavy (non-hydrogen) atoms. The van der Waals surface area contributed by atoms with Gasteiger partial charge < -0.3 is 41.1 Å². The van der Waals surface area contributed by atoms with Crippen molar-refractivity contribution in [1.82, 2.24) is 0 Å². The van der Waals surface area contributed by atoms with Gasteiger partial charge in [-0.1, -0.05) is 6.42 Å². The van der Waals surface area contributed by atoms with E-state index in [1.54, 1.807) is 0 Å². The van der Waals surface area contributed by atoms with Crippen molar-refractivity contribution in [2.75, 3.05) is 12.4 Å². The summed E-state index contributed by atoms with van der Waals surface area (Å²) in [5.41, 5.74) is 5.75. The number of carboxylic acids is 1. The second kappa shape index (κ2) is 8.47. The lowest BCUT2D eigenvalue weighted by atomic mass is 9.89. The van der Waals surface area contributed by atoms with Crippen LogP contribution in [0.15, 0.2) is 0 Å². The maximum Gasteiger partial charge on any atom is 0.365 e. The highest BCUT2D eigenvalue weighted by molar-refractivity contribution is 8.13. The van der Waals surface area contributed by atoms with Gasteiger partial charge in [0.1, 0.15) is 22.9 Å². The first-order valence-corrected chi connectivity index (χ1v) is 11.0. The normalized spacial score (nSPS) is 40.3. The molecule has 0 bridgehead atoms. The molecule has 2 rings (SSSR count). The molecule has 13 heteroatoms. The van der Waals surface area contributed by atoms with Crippen molar-refractivity contribution in [3.63, 3.8) is 0 Å². The van der Waals surface area contributed by atoms with Gasteiger partial charge in [0, 0.05) is 0 Å². The highest BCUT2D eigenvalue weighted by atomic mass is 32.3. The average molecular weight is 431 g/mol. The third-order valence-electron chi connectivity index (χ3n) is 4.87. The van der Waals surface area contributed by atoms with Crippen LogP contribution in [0.4, 0.5) is 0 Å². The van der Waals surface area contributed by atoms with E-state index in [9.17, 15) is 38.7 Å². The Morgan fingerprint density at radius 3 is 2.44 bits per heavy atom. The molecule has 0 spiro atoms. The number of carbonyl (C=O) groups is 1. The van der Waals surface area contributed by atoms with Crippen molar-refractivity contribution in [3.8, 4) is 0 Å². The number of thioether (sulfide) groups is 1. The Balaban J connectivity index is 2.44. The first-order valence-electron chi connectivity index (χ1n) is 8.37. The van der Waals surface area contributed by atoms with Crippen molar-refractivity contribution < 1.29 is 48.6 Å². The summed E-state index contributed by atoms with van der Waals surface area (Å²) in [6, 6.07) is -1.64. The van der Waals surface area contributed by atoms with Crippen LogP contribution in [0.1, 0.15) is 19.3 Å². The molecule has 11 nitrogen and oxygen atoms in total. The quantitative estimate of drug-likeness (QED) is 0.219. The summed E-state index contributed by atoms with van der Waals surface area (Å²) < 4.78 is 29.9. The van der Waals surface area contributed by atoms with Crippen molar-refractivity contribution in [1.29, 1.82) is 0 Å². The molecule has 3 unspecified atom stereocenters. The van der Waals surface area contributed by atoms with Gasteiger partial charge in [-0.3, -0.25) is 0 Å². The minimum atomic E-state index is -4.41. The topological polar surface area (TPSA) is 208 Å². The maximum atomic E-state index is 13.0. The van der Waals surface area contributed by atoms with Gasteiger partial charge in [-0.05, 0) is 18.6 Å². The van der Waals surface area contributed by atoms with E-state index >= 15 is 0 Å². The van der Waals surface area contributed by atoms with E-state index in [4.69, 9.17) is 15.6 Å². The van der Waals surface area contributed by atoms with Crippen LogP contribution < -0.4 is 5.73 Å². The van der Waals surface area contributed by atoms with E-state index in [0.717, 1.165) is 18.2 Å². The predicted octanol–water partition coefficient (Wildman–Crippen LogP) is -3.41. The molecule has 158 valence electrons. The fraction of sp³-hybridized carbons (Fsp3) is 0.929. The summed E-state index contributed by atoms with van der Waals surface area (Å²) in [7, 11) is -4.41. The highest BCUT2D eigenvalue weighted by Crippen LogP contribution is 2.40. The van der Waals surface area contributed by atoms with E-state index in [-0.39, 0.29) is 6.42 Å². The number of ether oxygens (including phenoxy) is 1. The van der Waals surface area contributed by atoms with E-state index in [2.05, 4.69) is 0 Å². The molecule has 2 heterocycles. The molecule has 0 radical (unpaired) electrons. The summed E-state index contributed by atoms with van der Waals surface area (Å²) in [5.74, 6) is -4.96. The standard InChI is InChI=1S/C14H25NO10S2/c15-8-10(19)12(27(23,24)7-3-1-2-4-26-7)14(22,13(20)21)25-11(8)9(18)6(17)5-16/h6-12,16-19,22H,1-5,15H2,(H,20,21)/t6-,7?,8-,9-,10-,11-,12?,14?/m1/s1. The highest BCUT2D eigenvalue weighted by Gasteiger charge is 2.65. The lowest BCUT2D eigenvalue weighted by Gasteiger charge is -2.48. The summed E-state index contributed by atoms with van der Waals surface area (Å²) in [4.78, 5) is 11.7. The van der Waals surface area contributed by atoms with Crippen molar-refractivity contribution >= 4 is 27.6 Å². The molecule has 2 saturated heterocycles. The fourth-order valence-corrected chi connectivity index (χ4v) is 7.70. The molecule has 0 aromatic carbocycles. The summed E-state index contributed by atoms with van der Waals surface area (Å²) in [5, 5.41) is 56.7. The van der Waals surface area contributed by atoms with Gasteiger partial charge in [0.05, 0.1) is 18.8 Å². The average Bonchev–Trinajstić information content (AvgIpc) is 2.64. The van der Waals surface area contributed by atoms with Crippen LogP contribution in [0.5, 0.6) is 0 Å². The van der Waals surface area contributed by atoms with Gasteiger partial charge in [-0.25, -0.2) is 13.2 Å². The molecule has 2 fully saturated rings. The molecule has 0 aliphatic carbocycles. The minimum Gasteiger partial charge on any atom is -0.477 e. The predicted molar refractivity (Wildman–Crippen MR) is 93.3 cm³/mol. The Labute approximate surface area is 160 Å². The Kier molecular flexibility index (Phi) is 7.14. The van der Waals surface area contributed by atoms with Gasteiger partial charge in [0.15, 0.2) is 15.1 Å². The van der Waals surface area contributed by atoms with Crippen molar-refractivity contribution in [2.24, 2.45) is 5.73 Å². The fourth-order valence-electron chi connectivity index (χ4n) is 3.33. The van der Waals surface area contributed by atoms with E-state index in [1.165, 1.54) is 0 Å². The molecule has 2 aliphatic heterocycles. The SMILES string of the molecule is N[C@H]1[C@H]([C@H](O)[C@H](O)CO)OC(O)(C(=O)O)C(S(=O)(=O)C2CCCCS2)[C@@H]1O. The van der Waals surface area contributed by atoms with E-state index in [1.807, 2.05) is 0 Å². The monoisotopic (exact) mass is 431 g/mol. The van der Waals surface area contributed by atoms with Crippen LogP contribution in [0.25, 0.3) is 0 Å². The number of hydrogen-bond donors (Lipinski definition) is 7. The molecule has 0 aromatic heterocycles. The Morgan fingerprint density at radius 2 is 1.96 bits per heavy atom. The largest absolute Gasteiger partial charge is 0.477 e. The van der Waals surface area contributed by atoms with Crippen molar-refractivity contribution in [3.05, 3.63) is 0 Å². The Bertz CT molecular complexity index is 640. The minimum absolute atomic E-state index is 0.219. The molecular weight excluding hydrogens is 406 g/mol. The number of sulfone groups is 1. The molecular formula is C14H25NO10S2. The zero-order valence-electron chi connectivity index (χ0n) is 14.3. The van der Waals surface area contributed by atoms with Crippen molar-refractivity contribution in [2.45, 2.75) is 65.3 Å². The van der Waals surface area contributed by atoms with Crippen LogP contribution in [0.2, 0.25) is 0 Å². The molecule has 8 N–H and O–H groups in total. The zero-order valence-corrected chi connectivity index (χ0v) is 15.9. The molecule has 8 atom stereocenters.